The minimum absolute atomic E-state index is 0. The van der Waals surface area contributed by atoms with E-state index in [1.165, 1.54) is 0 Å². The molecule has 0 aliphatic heterocycles. The van der Waals surface area contributed by atoms with Crippen molar-refractivity contribution in [2.24, 2.45) is 0 Å². The van der Waals surface area contributed by atoms with Crippen molar-refractivity contribution in [3.05, 3.63) is 28.7 Å². The zero-order valence-corrected chi connectivity index (χ0v) is 7.48. The van der Waals surface area contributed by atoms with Crippen LogP contribution in [0.3, 0.4) is 0 Å². The minimum Gasteiger partial charge on any atom is -0.358 e. The molecule has 0 heterocycles. The molecule has 0 rings (SSSR count). The van der Waals surface area contributed by atoms with Crippen LogP contribution < -0.4 is 0 Å². The summed E-state index contributed by atoms with van der Waals surface area (Å²) in [7, 11) is 0. The molecule has 0 aliphatic carbocycles. The molecule has 1 heteroatoms. The number of hydrogen-bond acceptors (Lipinski definition) is 0. The monoisotopic (exact) mass is 136 g/mol. The van der Waals surface area contributed by atoms with Crippen LogP contribution in [0.15, 0.2) is 0 Å². The second kappa shape index (κ2) is 430. The van der Waals surface area contributed by atoms with Crippen LogP contribution >= 0.6 is 0 Å². The van der Waals surface area contributed by atoms with Gasteiger partial charge in [0, 0.05) is 0 Å². The largest absolute Gasteiger partial charge is 4.00 e. The summed E-state index contributed by atoms with van der Waals surface area (Å²) in [4.78, 5) is 0. The van der Waals surface area contributed by atoms with Crippen molar-refractivity contribution in [1.29, 1.82) is 0 Å². The van der Waals surface area contributed by atoms with Crippen LogP contribution in [0.4, 0.5) is 0 Å². The molecule has 44 valence electrons. The molecule has 0 spiro atoms. The molecule has 0 aliphatic rings. The average Bonchev–Trinajstić information content (AvgIpc) is 1.50. The van der Waals surface area contributed by atoms with E-state index in [1.54, 1.807) is 13.8 Å². The minimum atomic E-state index is 0. The van der Waals surface area contributed by atoms with Gasteiger partial charge in [-0.05, 0) is 0 Å². The van der Waals surface area contributed by atoms with E-state index >= 15 is 0 Å². The van der Waals surface area contributed by atoms with Crippen LogP contribution in [0.2, 0.25) is 0 Å². The molecule has 0 fully saturated rings. The van der Waals surface area contributed by atoms with Crippen molar-refractivity contribution in [3.8, 4) is 0 Å². The molecule has 0 saturated heterocycles. The van der Waals surface area contributed by atoms with Gasteiger partial charge >= 0.3 is 21.7 Å². The molecular formula is C6H16Ti. The summed E-state index contributed by atoms with van der Waals surface area (Å²) in [6, 6.07) is 0. The fourth-order valence-corrected chi connectivity index (χ4v) is 0. The Labute approximate surface area is 64.6 Å². The Morgan fingerprint density at radius 3 is 0.714 bits per heavy atom. The zero-order valence-electron chi connectivity index (χ0n) is 5.91. The second-order valence-corrected chi connectivity index (χ2v) is 0. The molecule has 0 saturated carbocycles. The van der Waals surface area contributed by atoms with E-state index in [0.717, 1.165) is 0 Å². The normalized spacial score (nSPS) is 1.71. The van der Waals surface area contributed by atoms with E-state index in [0.29, 0.717) is 0 Å². The fraction of sp³-hybridized carbons (Fsp3) is 0.333. The summed E-state index contributed by atoms with van der Waals surface area (Å²) >= 11 is 0. The predicted molar refractivity (Wildman–Crippen MR) is 34.9 cm³/mol. The molecule has 0 N–H and O–H groups in total. The average molecular weight is 136 g/mol. The third-order valence-electron chi connectivity index (χ3n) is 0. The van der Waals surface area contributed by atoms with E-state index in [1.807, 2.05) is 0 Å². The Morgan fingerprint density at radius 2 is 0.714 bits per heavy atom. The summed E-state index contributed by atoms with van der Waals surface area (Å²) in [5.41, 5.74) is 0. The molecule has 0 unspecified atom stereocenters. The molecule has 0 amide bonds. The van der Waals surface area contributed by atoms with Gasteiger partial charge in [-0.3, -0.25) is 0 Å². The third-order valence-corrected chi connectivity index (χ3v) is 0. The first kappa shape index (κ1) is 47.2. The Balaban J connectivity index is -0.00000000267. The van der Waals surface area contributed by atoms with E-state index < -0.39 is 0 Å². The second-order valence-electron chi connectivity index (χ2n) is 0. The van der Waals surface area contributed by atoms with E-state index in [2.05, 4.69) is 13.8 Å². The first-order valence-electron chi connectivity index (χ1n) is 1.41. The maximum absolute atomic E-state index is 3.25. The first-order chi connectivity index (χ1) is 2.00. The van der Waals surface area contributed by atoms with Crippen LogP contribution in [0.25, 0.3) is 0 Å². The molecule has 0 radical (unpaired) electrons. The molecule has 0 bridgehead atoms. The molecule has 0 atom stereocenters. The van der Waals surface area contributed by atoms with Crippen molar-refractivity contribution >= 4 is 0 Å². The first-order valence-corrected chi connectivity index (χ1v) is 1.41. The van der Waals surface area contributed by atoms with Crippen molar-refractivity contribution in [2.45, 2.75) is 13.8 Å². The predicted octanol–water partition coefficient (Wildman–Crippen LogP) is 2.58. The Kier molecular flexibility index (Phi) is 2900. The Hall–Kier alpha value is 0.714. The molecule has 0 aromatic carbocycles. The summed E-state index contributed by atoms with van der Waals surface area (Å²) in [5.74, 6) is 0. The third kappa shape index (κ3) is 292. The summed E-state index contributed by atoms with van der Waals surface area (Å²) in [5, 5.41) is 0. The fourth-order valence-electron chi connectivity index (χ4n) is 0. The van der Waals surface area contributed by atoms with Gasteiger partial charge in [0.05, 0.1) is 0 Å². The van der Waals surface area contributed by atoms with Crippen molar-refractivity contribution in [2.75, 3.05) is 0 Å². The molecule has 0 aromatic rings. The van der Waals surface area contributed by atoms with Crippen LogP contribution in [-0.2, 0) is 21.7 Å². The van der Waals surface area contributed by atoms with Gasteiger partial charge in [0.15, 0.2) is 0 Å². The summed E-state index contributed by atoms with van der Waals surface area (Å²) in [6.07, 6.45) is 0. The molecule has 0 nitrogen and oxygen atoms in total. The van der Waals surface area contributed by atoms with Gasteiger partial charge in [-0.2, -0.15) is 13.8 Å². The molecular weight excluding hydrogens is 120 g/mol. The Morgan fingerprint density at radius 1 is 0.714 bits per heavy atom. The topological polar surface area (TPSA) is 0 Å². The number of hydrogen-bond donors (Lipinski definition) is 0. The smallest absolute Gasteiger partial charge is 0.358 e. The van der Waals surface area contributed by atoms with E-state index in [4.69, 9.17) is 0 Å². The van der Waals surface area contributed by atoms with Gasteiger partial charge in [0.2, 0.25) is 0 Å². The van der Waals surface area contributed by atoms with Gasteiger partial charge in [-0.15, -0.1) is 0 Å². The van der Waals surface area contributed by atoms with Crippen molar-refractivity contribution < 1.29 is 21.7 Å². The van der Waals surface area contributed by atoms with Gasteiger partial charge in [0.1, 0.15) is 0 Å². The number of rotatable bonds is 0. The van der Waals surface area contributed by atoms with Crippen molar-refractivity contribution in [1.82, 2.24) is 0 Å². The standard InChI is InChI=1S/2C2H5.2CH3.Ti/c2*1-2;;;/h2*1H2,2H3;2*1H3;/q4*-1;+4. The summed E-state index contributed by atoms with van der Waals surface area (Å²) < 4.78 is 0. The molecule has 0 aromatic heterocycles. The van der Waals surface area contributed by atoms with Gasteiger partial charge in [-0.25, -0.2) is 0 Å². The molecule has 7 heavy (non-hydrogen) atoms. The quantitative estimate of drug-likeness (QED) is 0.354. The van der Waals surface area contributed by atoms with Gasteiger partial charge in [-0.1, -0.05) is 0 Å². The summed E-state index contributed by atoms with van der Waals surface area (Å²) in [6.45, 7) is 10.0. The van der Waals surface area contributed by atoms with Crippen LogP contribution in [0, 0.1) is 28.7 Å². The van der Waals surface area contributed by atoms with E-state index in [-0.39, 0.29) is 36.6 Å². The maximum Gasteiger partial charge on any atom is 4.00 e. The van der Waals surface area contributed by atoms with Gasteiger partial charge < -0.3 is 28.7 Å². The maximum atomic E-state index is 3.25. The van der Waals surface area contributed by atoms with Crippen LogP contribution in [-0.4, -0.2) is 0 Å². The zero-order chi connectivity index (χ0) is 4.00. The van der Waals surface area contributed by atoms with Crippen LogP contribution in [0.5, 0.6) is 0 Å². The van der Waals surface area contributed by atoms with Crippen molar-refractivity contribution in [3.63, 3.8) is 0 Å². The Bertz CT molecular complexity index is 4.14. The SMILES string of the molecule is [CH2-]C.[CH2-]C.[CH3-].[CH3-].[Ti+4]. The van der Waals surface area contributed by atoms with Crippen LogP contribution in [0.1, 0.15) is 13.8 Å². The van der Waals surface area contributed by atoms with Gasteiger partial charge in [0.25, 0.3) is 0 Å². The van der Waals surface area contributed by atoms with E-state index in [9.17, 15) is 0 Å².